The summed E-state index contributed by atoms with van der Waals surface area (Å²) in [7, 11) is 0. The van der Waals surface area contributed by atoms with E-state index in [0.29, 0.717) is 19.4 Å². The highest BCUT2D eigenvalue weighted by molar-refractivity contribution is 5.98. The summed E-state index contributed by atoms with van der Waals surface area (Å²) < 4.78 is 0. The molecule has 0 bridgehead atoms. The molecule has 0 saturated carbocycles. The topological polar surface area (TPSA) is 68.4 Å². The van der Waals surface area contributed by atoms with Crippen molar-refractivity contribution in [1.82, 2.24) is 20.1 Å². The largest absolute Gasteiger partial charge is 0.361 e. The van der Waals surface area contributed by atoms with Gasteiger partial charge in [-0.15, -0.1) is 0 Å². The number of nitrogens with zero attached hydrogens (tertiary/aromatic N) is 2. The number of likely N-dealkylation sites (tertiary alicyclic amines) is 1. The summed E-state index contributed by atoms with van der Waals surface area (Å²) in [4.78, 5) is 33.8. The Balaban J connectivity index is 1.15. The molecule has 2 amide bonds. The van der Waals surface area contributed by atoms with Gasteiger partial charge in [0.2, 0.25) is 11.8 Å². The summed E-state index contributed by atoms with van der Waals surface area (Å²) in [5.74, 6) is 0.0670. The Morgan fingerprint density at radius 1 is 0.829 bits per heavy atom. The number of carbonyl (C=O) groups excluding carboxylic acids is 2. The van der Waals surface area contributed by atoms with Gasteiger partial charge in [0.05, 0.1) is 6.54 Å². The van der Waals surface area contributed by atoms with E-state index in [1.807, 2.05) is 23.2 Å². The second kappa shape index (κ2) is 10.6. The van der Waals surface area contributed by atoms with E-state index in [9.17, 15) is 9.59 Å². The highest BCUT2D eigenvalue weighted by atomic mass is 16.2. The van der Waals surface area contributed by atoms with Crippen LogP contribution in [-0.2, 0) is 22.4 Å². The molecule has 2 aliphatic rings. The van der Waals surface area contributed by atoms with Crippen LogP contribution in [0.1, 0.15) is 43.2 Å². The van der Waals surface area contributed by atoms with Gasteiger partial charge >= 0.3 is 0 Å². The first kappa shape index (κ1) is 23.6. The van der Waals surface area contributed by atoms with E-state index in [0.717, 1.165) is 38.0 Å². The predicted molar refractivity (Wildman–Crippen MR) is 139 cm³/mol. The van der Waals surface area contributed by atoms with E-state index >= 15 is 0 Å². The number of piperazine rings is 1. The number of hydrogen-bond acceptors (Lipinski definition) is 3. The van der Waals surface area contributed by atoms with E-state index in [1.165, 1.54) is 35.8 Å². The van der Waals surface area contributed by atoms with Crippen LogP contribution in [0.2, 0.25) is 0 Å². The molecule has 0 aliphatic carbocycles. The molecule has 0 unspecified atom stereocenters. The van der Waals surface area contributed by atoms with Gasteiger partial charge in [0, 0.05) is 36.7 Å². The van der Waals surface area contributed by atoms with Gasteiger partial charge in [0.15, 0.2) is 0 Å². The van der Waals surface area contributed by atoms with Crippen molar-refractivity contribution in [2.24, 2.45) is 0 Å². The summed E-state index contributed by atoms with van der Waals surface area (Å²) in [6, 6.07) is 18.9. The Morgan fingerprint density at radius 2 is 1.60 bits per heavy atom. The van der Waals surface area contributed by atoms with Crippen LogP contribution < -0.4 is 5.32 Å². The van der Waals surface area contributed by atoms with Crippen molar-refractivity contribution in [2.45, 2.75) is 50.5 Å². The molecular weight excluding hydrogens is 436 g/mol. The van der Waals surface area contributed by atoms with Crippen molar-refractivity contribution >= 4 is 22.7 Å². The maximum Gasteiger partial charge on any atom is 0.246 e. The lowest BCUT2D eigenvalue weighted by Gasteiger charge is -2.50. The molecule has 6 heteroatoms. The third kappa shape index (κ3) is 5.13. The molecule has 3 aromatic rings. The number of amides is 2. The number of aryl methyl sites for hydroxylation is 1. The number of unbranched alkanes of at least 4 members (excludes halogenated alkanes) is 2. The summed E-state index contributed by atoms with van der Waals surface area (Å²) in [5, 5.41) is 4.07. The fourth-order valence-corrected chi connectivity index (χ4v) is 5.82. The lowest BCUT2D eigenvalue weighted by Crippen LogP contribution is -2.70. The van der Waals surface area contributed by atoms with Crippen molar-refractivity contribution in [3.05, 3.63) is 71.9 Å². The van der Waals surface area contributed by atoms with Gasteiger partial charge in [-0.1, -0.05) is 55.0 Å². The molecule has 35 heavy (non-hydrogen) atoms. The van der Waals surface area contributed by atoms with Crippen LogP contribution in [0.15, 0.2) is 60.8 Å². The molecular formula is C29H36N4O2. The van der Waals surface area contributed by atoms with Crippen molar-refractivity contribution in [3.8, 4) is 0 Å². The first-order chi connectivity index (χ1) is 17.2. The standard InChI is InChI=1S/C29H36N4O2/c34-27-22-31-28(35)29(33(27)18-14-24-21-30-26-13-7-6-12-25(24)26)15-19-32(20-16-29)17-8-2-5-11-23-9-3-1-4-10-23/h1,3-4,6-7,9-10,12-13,21,30H,2,5,8,11,14-20,22H2,(H,31,35). The molecule has 0 radical (unpaired) electrons. The predicted octanol–water partition coefficient (Wildman–Crippen LogP) is 3.92. The number of H-pyrrole nitrogens is 1. The monoisotopic (exact) mass is 472 g/mol. The van der Waals surface area contributed by atoms with E-state index in [2.05, 4.69) is 57.7 Å². The number of aromatic nitrogens is 1. The van der Waals surface area contributed by atoms with Gasteiger partial charge in [0.25, 0.3) is 0 Å². The number of para-hydroxylation sites is 1. The van der Waals surface area contributed by atoms with Gasteiger partial charge in [-0.05, 0) is 62.3 Å². The molecule has 2 saturated heterocycles. The van der Waals surface area contributed by atoms with Gasteiger partial charge < -0.3 is 20.1 Å². The normalized spacial score (nSPS) is 18.3. The number of hydrogen-bond donors (Lipinski definition) is 2. The van der Waals surface area contributed by atoms with E-state index in [4.69, 9.17) is 0 Å². The third-order valence-electron chi connectivity index (χ3n) is 7.89. The summed E-state index contributed by atoms with van der Waals surface area (Å²) in [6.07, 6.45) is 8.94. The van der Waals surface area contributed by atoms with Crippen LogP contribution in [0.3, 0.4) is 0 Å². The zero-order chi connectivity index (χ0) is 24.1. The summed E-state index contributed by atoms with van der Waals surface area (Å²) in [5.41, 5.74) is 3.01. The summed E-state index contributed by atoms with van der Waals surface area (Å²) in [6.45, 7) is 3.48. The average Bonchev–Trinajstić information content (AvgIpc) is 3.31. The molecule has 0 atom stereocenters. The van der Waals surface area contributed by atoms with E-state index < -0.39 is 5.54 Å². The van der Waals surface area contributed by atoms with Gasteiger partial charge in [-0.3, -0.25) is 9.59 Å². The Morgan fingerprint density at radius 3 is 2.43 bits per heavy atom. The zero-order valence-electron chi connectivity index (χ0n) is 20.5. The number of benzene rings is 2. The molecule has 5 rings (SSSR count). The number of rotatable bonds is 9. The molecule has 2 fully saturated rings. The van der Waals surface area contributed by atoms with Crippen LogP contribution in [0.25, 0.3) is 10.9 Å². The first-order valence-electron chi connectivity index (χ1n) is 13.1. The second-order valence-electron chi connectivity index (χ2n) is 10.0. The van der Waals surface area contributed by atoms with Crippen molar-refractivity contribution in [1.29, 1.82) is 0 Å². The Hall–Kier alpha value is -3.12. The molecule has 2 N–H and O–H groups in total. The smallest absolute Gasteiger partial charge is 0.246 e. The van der Waals surface area contributed by atoms with E-state index in [-0.39, 0.29) is 18.4 Å². The quantitative estimate of drug-likeness (QED) is 0.464. The number of nitrogens with one attached hydrogen (secondary N) is 2. The van der Waals surface area contributed by atoms with Crippen molar-refractivity contribution in [2.75, 3.05) is 32.7 Å². The highest BCUT2D eigenvalue weighted by Crippen LogP contribution is 2.32. The molecule has 6 nitrogen and oxygen atoms in total. The molecule has 2 aliphatic heterocycles. The van der Waals surface area contributed by atoms with Crippen LogP contribution >= 0.6 is 0 Å². The summed E-state index contributed by atoms with van der Waals surface area (Å²) >= 11 is 0. The van der Waals surface area contributed by atoms with E-state index in [1.54, 1.807) is 0 Å². The SMILES string of the molecule is O=C1CNC(=O)C2(CCN(CCCCCc3ccccc3)CC2)N1CCc1c[nH]c2ccccc12. The fraction of sp³-hybridized carbons (Fsp3) is 0.448. The zero-order valence-corrected chi connectivity index (χ0v) is 20.5. The number of fused-ring (bicyclic) bond motifs is 1. The molecule has 184 valence electrons. The van der Waals surface area contributed by atoms with Gasteiger partial charge in [-0.2, -0.15) is 0 Å². The molecule has 1 spiro atoms. The number of carbonyl (C=O) groups is 2. The third-order valence-corrected chi connectivity index (χ3v) is 7.89. The van der Waals surface area contributed by atoms with Crippen molar-refractivity contribution < 1.29 is 9.59 Å². The Kier molecular flexibility index (Phi) is 7.19. The Bertz CT molecular complexity index is 1150. The van der Waals surface area contributed by atoms with Crippen LogP contribution in [0, 0.1) is 0 Å². The fourth-order valence-electron chi connectivity index (χ4n) is 5.82. The van der Waals surface area contributed by atoms with Gasteiger partial charge in [0.1, 0.15) is 5.54 Å². The molecule has 1 aromatic heterocycles. The first-order valence-corrected chi connectivity index (χ1v) is 13.1. The van der Waals surface area contributed by atoms with Gasteiger partial charge in [-0.25, -0.2) is 0 Å². The highest BCUT2D eigenvalue weighted by Gasteiger charge is 2.50. The molecule has 2 aromatic carbocycles. The second-order valence-corrected chi connectivity index (χ2v) is 10.0. The minimum atomic E-state index is -0.703. The number of aromatic amines is 1. The van der Waals surface area contributed by atoms with Crippen LogP contribution in [-0.4, -0.2) is 64.9 Å². The Labute approximate surface area is 207 Å². The lowest BCUT2D eigenvalue weighted by molar-refractivity contribution is -0.157. The molecule has 3 heterocycles. The van der Waals surface area contributed by atoms with Crippen molar-refractivity contribution in [3.63, 3.8) is 0 Å². The lowest BCUT2D eigenvalue weighted by atomic mass is 9.82. The number of piperidine rings is 1. The minimum Gasteiger partial charge on any atom is -0.361 e. The maximum absolute atomic E-state index is 13.1. The minimum absolute atomic E-state index is 0.0264. The van der Waals surface area contributed by atoms with Crippen LogP contribution in [0.4, 0.5) is 0 Å². The average molecular weight is 473 g/mol. The maximum atomic E-state index is 13.1. The van der Waals surface area contributed by atoms with Crippen LogP contribution in [0.5, 0.6) is 0 Å².